The van der Waals surface area contributed by atoms with Gasteiger partial charge in [0.1, 0.15) is 5.82 Å². The smallest absolute Gasteiger partial charge is 0.224 e. The molecule has 0 saturated carbocycles. The first-order valence-electron chi connectivity index (χ1n) is 7.53. The molecule has 0 aliphatic heterocycles. The highest BCUT2D eigenvalue weighted by Crippen LogP contribution is 2.17. The van der Waals surface area contributed by atoms with Gasteiger partial charge in [0.25, 0.3) is 0 Å². The summed E-state index contributed by atoms with van der Waals surface area (Å²) in [7, 11) is 2.08. The van der Waals surface area contributed by atoms with Gasteiger partial charge in [-0.3, -0.25) is 4.79 Å². The third kappa shape index (κ3) is 5.71. The monoisotopic (exact) mass is 295 g/mol. The molecular weight excluding hydrogens is 269 g/mol. The predicted octanol–water partition coefficient (Wildman–Crippen LogP) is 3.25. The lowest BCUT2D eigenvalue weighted by atomic mass is 10.1. The fraction of sp³-hybridized carbons (Fsp3) is 0.562. The SMILES string of the molecule is CCC(CC)N(C)CCCC(=O)Nc1cc(N)ccc1F. The topological polar surface area (TPSA) is 58.4 Å². The predicted molar refractivity (Wildman–Crippen MR) is 85.7 cm³/mol. The van der Waals surface area contributed by atoms with Gasteiger partial charge in [0.05, 0.1) is 5.69 Å². The summed E-state index contributed by atoms with van der Waals surface area (Å²) < 4.78 is 13.5. The number of carbonyl (C=O) groups is 1. The molecule has 1 amide bonds. The van der Waals surface area contributed by atoms with Crippen molar-refractivity contribution in [2.45, 2.75) is 45.6 Å². The molecule has 0 heterocycles. The van der Waals surface area contributed by atoms with Crippen LogP contribution in [0.2, 0.25) is 0 Å². The van der Waals surface area contributed by atoms with Gasteiger partial charge in [-0.15, -0.1) is 0 Å². The lowest BCUT2D eigenvalue weighted by Gasteiger charge is -2.25. The van der Waals surface area contributed by atoms with Crippen LogP contribution >= 0.6 is 0 Å². The van der Waals surface area contributed by atoms with Gasteiger partial charge >= 0.3 is 0 Å². The first-order valence-corrected chi connectivity index (χ1v) is 7.53. The van der Waals surface area contributed by atoms with Gasteiger partial charge < -0.3 is 16.0 Å². The van der Waals surface area contributed by atoms with E-state index in [9.17, 15) is 9.18 Å². The molecule has 118 valence electrons. The first kappa shape index (κ1) is 17.4. The molecule has 0 saturated heterocycles. The number of hydrogen-bond donors (Lipinski definition) is 2. The Morgan fingerprint density at radius 2 is 2.05 bits per heavy atom. The van der Waals surface area contributed by atoms with Crippen LogP contribution in [0.3, 0.4) is 0 Å². The summed E-state index contributed by atoms with van der Waals surface area (Å²) in [6.45, 7) is 5.19. The summed E-state index contributed by atoms with van der Waals surface area (Å²) >= 11 is 0. The minimum Gasteiger partial charge on any atom is -0.399 e. The molecule has 3 N–H and O–H groups in total. The van der Waals surface area contributed by atoms with E-state index in [2.05, 4.69) is 31.1 Å². The van der Waals surface area contributed by atoms with Crippen molar-refractivity contribution in [1.29, 1.82) is 0 Å². The van der Waals surface area contributed by atoms with Crippen LogP contribution < -0.4 is 11.1 Å². The number of nitrogens with two attached hydrogens (primary N) is 1. The van der Waals surface area contributed by atoms with E-state index in [1.165, 1.54) is 18.2 Å². The molecule has 0 atom stereocenters. The highest BCUT2D eigenvalue weighted by molar-refractivity contribution is 5.91. The summed E-state index contributed by atoms with van der Waals surface area (Å²) in [5.74, 6) is -0.649. The third-order valence-corrected chi connectivity index (χ3v) is 3.75. The van der Waals surface area contributed by atoms with Crippen LogP contribution in [0.1, 0.15) is 39.5 Å². The molecule has 0 radical (unpaired) electrons. The molecule has 0 unspecified atom stereocenters. The van der Waals surface area contributed by atoms with Gasteiger partial charge in [-0.2, -0.15) is 0 Å². The van der Waals surface area contributed by atoms with Gasteiger partial charge in [-0.05, 0) is 51.1 Å². The molecule has 0 aromatic heterocycles. The zero-order valence-electron chi connectivity index (χ0n) is 13.2. The summed E-state index contributed by atoms with van der Waals surface area (Å²) in [5.41, 5.74) is 6.16. The van der Waals surface area contributed by atoms with Crippen LogP contribution in [-0.2, 0) is 4.79 Å². The second kappa shape index (κ2) is 8.62. The van der Waals surface area contributed by atoms with Gasteiger partial charge in [0.2, 0.25) is 5.91 Å². The molecule has 0 bridgehead atoms. The molecule has 0 spiro atoms. The normalized spacial score (nSPS) is 11.1. The lowest BCUT2D eigenvalue weighted by Crippen LogP contribution is -2.31. The molecule has 0 aliphatic rings. The average molecular weight is 295 g/mol. The van der Waals surface area contributed by atoms with E-state index in [-0.39, 0.29) is 11.6 Å². The Labute approximate surface area is 126 Å². The minimum absolute atomic E-state index is 0.147. The fourth-order valence-electron chi connectivity index (χ4n) is 2.43. The van der Waals surface area contributed by atoms with E-state index in [1.807, 2.05) is 0 Å². The zero-order chi connectivity index (χ0) is 15.8. The lowest BCUT2D eigenvalue weighted by molar-refractivity contribution is -0.116. The molecule has 0 aliphatic carbocycles. The number of benzene rings is 1. The van der Waals surface area contributed by atoms with Gasteiger partial charge in [-0.1, -0.05) is 13.8 Å². The number of carbonyl (C=O) groups excluding carboxylic acids is 1. The Hall–Kier alpha value is -1.62. The van der Waals surface area contributed by atoms with E-state index < -0.39 is 5.82 Å². The van der Waals surface area contributed by atoms with Crippen LogP contribution in [-0.4, -0.2) is 30.4 Å². The second-order valence-electron chi connectivity index (χ2n) is 5.34. The minimum atomic E-state index is -0.466. The first-order chi connectivity index (χ1) is 9.97. The van der Waals surface area contributed by atoms with Crippen molar-refractivity contribution in [1.82, 2.24) is 4.90 Å². The van der Waals surface area contributed by atoms with Crippen molar-refractivity contribution >= 4 is 17.3 Å². The average Bonchev–Trinajstić information content (AvgIpc) is 2.44. The summed E-state index contributed by atoms with van der Waals surface area (Å²) in [6, 6.07) is 4.71. The van der Waals surface area contributed by atoms with E-state index in [0.29, 0.717) is 18.2 Å². The van der Waals surface area contributed by atoms with Crippen molar-refractivity contribution < 1.29 is 9.18 Å². The molecule has 21 heavy (non-hydrogen) atoms. The summed E-state index contributed by atoms with van der Waals surface area (Å²) in [5, 5.41) is 2.57. The maximum Gasteiger partial charge on any atom is 0.224 e. The molecule has 4 nitrogen and oxygen atoms in total. The number of halogens is 1. The van der Waals surface area contributed by atoms with Crippen molar-refractivity contribution in [3.63, 3.8) is 0 Å². The number of amides is 1. The summed E-state index contributed by atoms with van der Waals surface area (Å²) in [6.07, 6.45) is 3.34. The van der Waals surface area contributed by atoms with Crippen LogP contribution in [0.4, 0.5) is 15.8 Å². The molecule has 1 aromatic rings. The van der Waals surface area contributed by atoms with Crippen molar-refractivity contribution in [3.8, 4) is 0 Å². The number of hydrogen-bond acceptors (Lipinski definition) is 3. The Bertz CT molecular complexity index is 461. The standard InChI is InChI=1S/C16H26FN3O/c1-4-13(5-2)20(3)10-6-7-16(21)19-15-11-12(18)8-9-14(15)17/h8-9,11,13H,4-7,10,18H2,1-3H3,(H,19,21). The largest absolute Gasteiger partial charge is 0.399 e. The van der Waals surface area contributed by atoms with Crippen molar-refractivity contribution in [2.75, 3.05) is 24.6 Å². The summed E-state index contributed by atoms with van der Waals surface area (Å²) in [4.78, 5) is 14.1. The van der Waals surface area contributed by atoms with E-state index in [4.69, 9.17) is 5.73 Å². The van der Waals surface area contributed by atoms with Gasteiger partial charge in [0.15, 0.2) is 0 Å². The number of anilines is 2. The highest BCUT2D eigenvalue weighted by atomic mass is 19.1. The maximum atomic E-state index is 13.5. The quantitative estimate of drug-likeness (QED) is 0.724. The van der Waals surface area contributed by atoms with Crippen molar-refractivity contribution in [2.24, 2.45) is 0 Å². The number of nitrogen functional groups attached to an aromatic ring is 1. The molecule has 1 rings (SSSR count). The zero-order valence-corrected chi connectivity index (χ0v) is 13.2. The Balaban J connectivity index is 2.39. The number of nitrogens with zero attached hydrogens (tertiary/aromatic N) is 1. The van der Waals surface area contributed by atoms with Crippen molar-refractivity contribution in [3.05, 3.63) is 24.0 Å². The van der Waals surface area contributed by atoms with E-state index in [0.717, 1.165) is 25.8 Å². The molecular formula is C16H26FN3O. The maximum absolute atomic E-state index is 13.5. The molecule has 5 heteroatoms. The Kier molecular flexibility index (Phi) is 7.15. The molecule has 0 fully saturated rings. The van der Waals surface area contributed by atoms with Gasteiger partial charge in [0, 0.05) is 18.2 Å². The van der Waals surface area contributed by atoms with Crippen LogP contribution in [0.5, 0.6) is 0 Å². The van der Waals surface area contributed by atoms with Gasteiger partial charge in [-0.25, -0.2) is 4.39 Å². The van der Waals surface area contributed by atoms with Crippen LogP contribution in [0.15, 0.2) is 18.2 Å². The number of nitrogens with one attached hydrogen (secondary N) is 1. The Morgan fingerprint density at radius 1 is 1.38 bits per heavy atom. The fourth-order valence-corrected chi connectivity index (χ4v) is 2.43. The number of rotatable bonds is 8. The third-order valence-electron chi connectivity index (χ3n) is 3.75. The van der Waals surface area contributed by atoms with E-state index >= 15 is 0 Å². The molecule has 1 aromatic carbocycles. The van der Waals surface area contributed by atoms with Crippen LogP contribution in [0.25, 0.3) is 0 Å². The second-order valence-corrected chi connectivity index (χ2v) is 5.34. The highest BCUT2D eigenvalue weighted by Gasteiger charge is 2.11. The Morgan fingerprint density at radius 3 is 2.67 bits per heavy atom. The van der Waals surface area contributed by atoms with Crippen LogP contribution in [0, 0.1) is 5.82 Å². The van der Waals surface area contributed by atoms with E-state index in [1.54, 1.807) is 0 Å².